The number of hydrogen-bond acceptors (Lipinski definition) is 4. The van der Waals surface area contributed by atoms with E-state index in [4.69, 9.17) is 18.7 Å². The smallest absolute Gasteiger partial charge is 0.362 e. The van der Waals surface area contributed by atoms with Gasteiger partial charge in [-0.25, -0.2) is 0 Å². The Morgan fingerprint density at radius 1 is 0.706 bits per heavy atom. The molecule has 1 aromatic rings. The molecule has 4 nitrogen and oxygen atoms in total. The first-order chi connectivity index (χ1) is 8.18. The molecule has 2 N–H and O–H groups in total. The zero-order valence-electron chi connectivity index (χ0n) is 10.9. The summed E-state index contributed by atoms with van der Waals surface area (Å²) in [7, 11) is -2.75. The third-order valence-corrected chi connectivity index (χ3v) is 3.78. The molecule has 0 aliphatic heterocycles. The fraction of sp³-hybridized carbons (Fsp3) is 0.500. The van der Waals surface area contributed by atoms with E-state index in [1.54, 1.807) is 0 Å². The maximum atomic E-state index is 5.70. The number of benzene rings is 1. The van der Waals surface area contributed by atoms with Crippen LogP contribution in [-0.4, -0.2) is 28.8 Å². The van der Waals surface area contributed by atoms with E-state index in [-0.39, 0.29) is 0 Å². The van der Waals surface area contributed by atoms with Gasteiger partial charge in [-0.15, -0.1) is 0 Å². The highest BCUT2D eigenvalue weighted by Crippen LogP contribution is 2.00. The van der Waals surface area contributed by atoms with Crippen molar-refractivity contribution < 1.29 is 13.3 Å². The van der Waals surface area contributed by atoms with Gasteiger partial charge >= 0.3 is 8.97 Å². The van der Waals surface area contributed by atoms with E-state index in [0.717, 1.165) is 0 Å². The molecule has 0 bridgehead atoms. The Balaban J connectivity index is 0.000000354. The lowest BCUT2D eigenvalue weighted by Gasteiger charge is -2.22. The van der Waals surface area contributed by atoms with Gasteiger partial charge in [0.1, 0.15) is 0 Å². The van der Waals surface area contributed by atoms with Gasteiger partial charge in [-0.1, -0.05) is 36.4 Å². The molecule has 0 fully saturated rings. The SMILES string of the molecule is CCO[Si](N)(OCC)OCC.c1ccccc1. The summed E-state index contributed by atoms with van der Waals surface area (Å²) in [5.41, 5.74) is 0. The van der Waals surface area contributed by atoms with E-state index in [0.29, 0.717) is 19.8 Å². The minimum atomic E-state index is -2.75. The molecule has 5 heteroatoms. The maximum absolute atomic E-state index is 5.70. The molecule has 1 aromatic carbocycles. The molecule has 0 atom stereocenters. The van der Waals surface area contributed by atoms with Crippen LogP contribution in [-0.2, 0) is 13.3 Å². The van der Waals surface area contributed by atoms with Crippen molar-refractivity contribution in [1.82, 2.24) is 0 Å². The highest BCUT2D eigenvalue weighted by molar-refractivity contribution is 6.56. The van der Waals surface area contributed by atoms with Gasteiger partial charge < -0.3 is 13.3 Å². The molecule has 17 heavy (non-hydrogen) atoms. The van der Waals surface area contributed by atoms with Crippen LogP contribution in [0.3, 0.4) is 0 Å². The van der Waals surface area contributed by atoms with Crippen LogP contribution >= 0.6 is 0 Å². The van der Waals surface area contributed by atoms with Gasteiger partial charge in [-0.3, -0.25) is 5.40 Å². The molecule has 0 saturated heterocycles. The van der Waals surface area contributed by atoms with Crippen molar-refractivity contribution in [2.45, 2.75) is 20.8 Å². The quantitative estimate of drug-likeness (QED) is 0.794. The summed E-state index contributed by atoms with van der Waals surface area (Å²) >= 11 is 0. The Morgan fingerprint density at radius 3 is 1.12 bits per heavy atom. The Bertz CT molecular complexity index is 215. The highest BCUT2D eigenvalue weighted by atomic mass is 28.4. The average molecular weight is 257 g/mol. The molecule has 98 valence electrons. The molecular weight excluding hydrogens is 234 g/mol. The zero-order valence-corrected chi connectivity index (χ0v) is 11.9. The van der Waals surface area contributed by atoms with Crippen molar-refractivity contribution >= 4 is 8.97 Å². The molecule has 0 spiro atoms. The summed E-state index contributed by atoms with van der Waals surface area (Å²) in [5.74, 6) is 0. The second kappa shape index (κ2) is 10.4. The van der Waals surface area contributed by atoms with Crippen LogP contribution in [0.15, 0.2) is 36.4 Å². The fourth-order valence-electron chi connectivity index (χ4n) is 1.11. The summed E-state index contributed by atoms with van der Waals surface area (Å²) in [5, 5.41) is 5.70. The second-order valence-corrected chi connectivity index (χ2v) is 5.13. The maximum Gasteiger partial charge on any atom is 0.594 e. The van der Waals surface area contributed by atoms with Crippen molar-refractivity contribution in [3.8, 4) is 0 Å². The Kier molecular flexibility index (Phi) is 9.99. The predicted molar refractivity (Wildman–Crippen MR) is 71.3 cm³/mol. The zero-order chi connectivity index (χ0) is 13.0. The standard InChI is InChI=1S/C6H17NO3Si.C6H6/c1-4-8-11(7,9-5-2)10-6-3;1-2-4-6-5-3-1/h4-7H2,1-3H3;1-6H. The van der Waals surface area contributed by atoms with Gasteiger partial charge in [-0.05, 0) is 20.8 Å². The van der Waals surface area contributed by atoms with Crippen LogP contribution in [0.4, 0.5) is 0 Å². The van der Waals surface area contributed by atoms with Crippen LogP contribution in [0.1, 0.15) is 20.8 Å². The second-order valence-electron chi connectivity index (χ2n) is 3.06. The van der Waals surface area contributed by atoms with Crippen molar-refractivity contribution in [2.24, 2.45) is 5.40 Å². The van der Waals surface area contributed by atoms with Crippen LogP contribution in [0.5, 0.6) is 0 Å². The molecule has 0 aliphatic carbocycles. The lowest BCUT2D eigenvalue weighted by Crippen LogP contribution is -2.55. The summed E-state index contributed by atoms with van der Waals surface area (Å²) in [6.45, 7) is 7.19. The van der Waals surface area contributed by atoms with Crippen molar-refractivity contribution in [2.75, 3.05) is 19.8 Å². The lowest BCUT2D eigenvalue weighted by molar-refractivity contribution is 0.0723. The molecule has 0 heterocycles. The summed E-state index contributed by atoms with van der Waals surface area (Å²) in [6.07, 6.45) is 0. The molecule has 0 saturated carbocycles. The predicted octanol–water partition coefficient (Wildman–Crippen LogP) is 2.18. The molecule has 0 unspecified atom stereocenters. The lowest BCUT2D eigenvalue weighted by atomic mass is 10.4. The van der Waals surface area contributed by atoms with Gasteiger partial charge in [0.2, 0.25) is 0 Å². The first-order valence-electron chi connectivity index (χ1n) is 5.89. The van der Waals surface area contributed by atoms with Gasteiger partial charge in [0, 0.05) is 19.8 Å². The van der Waals surface area contributed by atoms with Crippen molar-refractivity contribution in [3.05, 3.63) is 36.4 Å². The first kappa shape index (κ1) is 16.3. The van der Waals surface area contributed by atoms with E-state index < -0.39 is 8.97 Å². The van der Waals surface area contributed by atoms with Crippen LogP contribution in [0.25, 0.3) is 0 Å². The topological polar surface area (TPSA) is 53.7 Å². The summed E-state index contributed by atoms with van der Waals surface area (Å²) in [6, 6.07) is 12.0. The summed E-state index contributed by atoms with van der Waals surface area (Å²) < 4.78 is 15.5. The van der Waals surface area contributed by atoms with Gasteiger partial charge in [0.05, 0.1) is 0 Å². The Labute approximate surface area is 105 Å². The molecule has 0 radical (unpaired) electrons. The van der Waals surface area contributed by atoms with Gasteiger partial charge in [-0.2, -0.15) is 0 Å². The third-order valence-electron chi connectivity index (χ3n) is 1.70. The summed E-state index contributed by atoms with van der Waals surface area (Å²) in [4.78, 5) is 0. The molecular formula is C12H23NO3Si. The van der Waals surface area contributed by atoms with Crippen molar-refractivity contribution in [3.63, 3.8) is 0 Å². The van der Waals surface area contributed by atoms with E-state index in [2.05, 4.69) is 0 Å². The first-order valence-corrected chi connectivity index (χ1v) is 7.69. The number of hydrogen-bond donors (Lipinski definition) is 1. The molecule has 1 rings (SSSR count). The minimum Gasteiger partial charge on any atom is -0.362 e. The normalized spacial score (nSPS) is 10.6. The molecule has 0 amide bonds. The average Bonchev–Trinajstić information content (AvgIpc) is 2.33. The van der Waals surface area contributed by atoms with Crippen molar-refractivity contribution in [1.29, 1.82) is 0 Å². The largest absolute Gasteiger partial charge is 0.594 e. The van der Waals surface area contributed by atoms with Gasteiger partial charge in [0.15, 0.2) is 0 Å². The Morgan fingerprint density at radius 2 is 0.941 bits per heavy atom. The number of nitrogens with two attached hydrogens (primary N) is 1. The molecule has 0 aromatic heterocycles. The van der Waals surface area contributed by atoms with E-state index in [9.17, 15) is 0 Å². The minimum absolute atomic E-state index is 0.530. The van der Waals surface area contributed by atoms with Crippen LogP contribution < -0.4 is 5.40 Å². The third kappa shape index (κ3) is 9.02. The fourth-order valence-corrected chi connectivity index (χ4v) is 2.57. The Hall–Kier alpha value is -0.723. The molecule has 0 aliphatic rings. The van der Waals surface area contributed by atoms with Gasteiger partial charge in [0.25, 0.3) is 0 Å². The number of rotatable bonds is 6. The van der Waals surface area contributed by atoms with E-state index >= 15 is 0 Å². The monoisotopic (exact) mass is 257 g/mol. The van der Waals surface area contributed by atoms with E-state index in [1.807, 2.05) is 57.2 Å². The van der Waals surface area contributed by atoms with Crippen LogP contribution in [0, 0.1) is 0 Å². The van der Waals surface area contributed by atoms with Crippen LogP contribution in [0.2, 0.25) is 0 Å². The van der Waals surface area contributed by atoms with E-state index in [1.165, 1.54) is 0 Å². The highest BCUT2D eigenvalue weighted by Gasteiger charge is 2.35.